The first-order valence-electron chi connectivity index (χ1n) is 6.07. The number of rotatable bonds is 4. The highest BCUT2D eigenvalue weighted by molar-refractivity contribution is 7.10. The molecule has 2 rings (SSSR count). The molecule has 0 aliphatic rings. The normalized spacial score (nSPS) is 12.2. The van der Waals surface area contributed by atoms with Crippen LogP contribution in [0, 0.1) is 5.82 Å². The van der Waals surface area contributed by atoms with Gasteiger partial charge in [-0.15, -0.1) is 11.3 Å². The fourth-order valence-electron chi connectivity index (χ4n) is 1.70. The summed E-state index contributed by atoms with van der Waals surface area (Å²) in [7, 11) is 1.61. The predicted molar refractivity (Wildman–Crippen MR) is 77.2 cm³/mol. The van der Waals surface area contributed by atoms with Crippen molar-refractivity contribution in [3.8, 4) is 11.3 Å². The summed E-state index contributed by atoms with van der Waals surface area (Å²) in [5, 5.41) is 5.13. The molecule has 0 aliphatic carbocycles. The van der Waals surface area contributed by atoms with Crippen molar-refractivity contribution in [1.29, 1.82) is 0 Å². The van der Waals surface area contributed by atoms with E-state index in [1.807, 2.05) is 6.92 Å². The number of methoxy groups -OCH3 is 1. The molecule has 0 saturated carbocycles. The summed E-state index contributed by atoms with van der Waals surface area (Å²) in [5.41, 5.74) is 1.41. The van der Waals surface area contributed by atoms with E-state index < -0.39 is 5.82 Å². The van der Waals surface area contributed by atoms with Gasteiger partial charge in [0.25, 0.3) is 0 Å². The van der Waals surface area contributed by atoms with Crippen molar-refractivity contribution in [2.75, 3.05) is 12.4 Å². The first-order valence-corrected chi connectivity index (χ1v) is 6.95. The van der Waals surface area contributed by atoms with Gasteiger partial charge in [-0.05, 0) is 25.1 Å². The van der Waals surface area contributed by atoms with Gasteiger partial charge in [-0.1, -0.05) is 0 Å². The molecular formula is C14H15FN2O2S. The van der Waals surface area contributed by atoms with Crippen LogP contribution in [0.15, 0.2) is 23.6 Å². The Bertz CT molecular complexity index is 627. The number of carbonyl (C=O) groups excluding carboxylic acids is 1. The van der Waals surface area contributed by atoms with Crippen molar-refractivity contribution < 1.29 is 13.9 Å². The molecule has 0 unspecified atom stereocenters. The number of nitrogens with one attached hydrogen (secondary N) is 1. The molecule has 1 atom stereocenters. The van der Waals surface area contributed by atoms with E-state index in [-0.39, 0.29) is 12.0 Å². The van der Waals surface area contributed by atoms with Crippen LogP contribution in [0.5, 0.6) is 0 Å². The molecule has 0 saturated heterocycles. The molecule has 0 radical (unpaired) electrons. The third-order valence-corrected chi connectivity index (χ3v) is 3.79. The number of benzene rings is 1. The molecule has 6 heteroatoms. The van der Waals surface area contributed by atoms with Crippen LogP contribution in [0.1, 0.15) is 25.0 Å². The van der Waals surface area contributed by atoms with E-state index >= 15 is 0 Å². The van der Waals surface area contributed by atoms with E-state index in [4.69, 9.17) is 4.74 Å². The quantitative estimate of drug-likeness (QED) is 0.937. The second kappa shape index (κ2) is 6.11. The van der Waals surface area contributed by atoms with E-state index in [1.165, 1.54) is 24.3 Å². The van der Waals surface area contributed by atoms with Gasteiger partial charge < -0.3 is 10.1 Å². The summed E-state index contributed by atoms with van der Waals surface area (Å²) in [6.07, 6.45) is -0.115. The number of hydrogen-bond donors (Lipinski definition) is 1. The number of carbonyl (C=O) groups is 1. The maximum absolute atomic E-state index is 14.1. The van der Waals surface area contributed by atoms with Gasteiger partial charge in [0.1, 0.15) is 16.9 Å². The lowest BCUT2D eigenvalue weighted by Gasteiger charge is -2.06. The maximum Gasteiger partial charge on any atom is 0.221 e. The van der Waals surface area contributed by atoms with Gasteiger partial charge in [-0.3, -0.25) is 4.79 Å². The number of anilines is 1. The van der Waals surface area contributed by atoms with E-state index in [0.717, 1.165) is 5.01 Å². The monoisotopic (exact) mass is 294 g/mol. The molecule has 1 heterocycles. The van der Waals surface area contributed by atoms with Gasteiger partial charge in [-0.25, -0.2) is 9.37 Å². The van der Waals surface area contributed by atoms with Gasteiger partial charge >= 0.3 is 0 Å². The largest absolute Gasteiger partial charge is 0.375 e. The molecule has 4 nitrogen and oxygen atoms in total. The van der Waals surface area contributed by atoms with Crippen LogP contribution < -0.4 is 5.32 Å². The average molecular weight is 294 g/mol. The average Bonchev–Trinajstić information content (AvgIpc) is 2.86. The molecule has 106 valence electrons. The zero-order valence-electron chi connectivity index (χ0n) is 11.4. The van der Waals surface area contributed by atoms with Crippen LogP contribution in [0.25, 0.3) is 11.3 Å². The Morgan fingerprint density at radius 3 is 2.85 bits per heavy atom. The first-order chi connectivity index (χ1) is 9.51. The van der Waals surface area contributed by atoms with Gasteiger partial charge in [-0.2, -0.15) is 0 Å². The SMILES string of the molecule is CO[C@@H](C)c1nc(-c2ccc(NC(C)=O)cc2F)cs1. The zero-order chi connectivity index (χ0) is 14.7. The van der Waals surface area contributed by atoms with Crippen molar-refractivity contribution in [2.24, 2.45) is 0 Å². The van der Waals surface area contributed by atoms with Crippen molar-refractivity contribution >= 4 is 22.9 Å². The molecule has 2 aromatic rings. The fourth-order valence-corrected chi connectivity index (χ4v) is 2.55. The molecule has 0 aliphatic heterocycles. The smallest absolute Gasteiger partial charge is 0.221 e. The second-order valence-corrected chi connectivity index (χ2v) is 5.21. The summed E-state index contributed by atoms with van der Waals surface area (Å²) in [4.78, 5) is 15.3. The van der Waals surface area contributed by atoms with Crippen LogP contribution >= 0.6 is 11.3 Å². The van der Waals surface area contributed by atoms with Crippen LogP contribution in [-0.4, -0.2) is 18.0 Å². The Morgan fingerprint density at radius 2 is 2.25 bits per heavy atom. The highest BCUT2D eigenvalue weighted by Gasteiger charge is 2.13. The summed E-state index contributed by atoms with van der Waals surface area (Å²) in [6, 6.07) is 4.55. The van der Waals surface area contributed by atoms with Crippen molar-refractivity contribution in [1.82, 2.24) is 4.98 Å². The Morgan fingerprint density at radius 1 is 1.50 bits per heavy atom. The van der Waals surface area contributed by atoms with Gasteiger partial charge in [0.05, 0.1) is 5.69 Å². The molecule has 1 aromatic heterocycles. The van der Waals surface area contributed by atoms with Gasteiger partial charge in [0.15, 0.2) is 0 Å². The highest BCUT2D eigenvalue weighted by Crippen LogP contribution is 2.29. The summed E-state index contributed by atoms with van der Waals surface area (Å²) < 4.78 is 19.2. The molecule has 1 N–H and O–H groups in total. The lowest BCUT2D eigenvalue weighted by Crippen LogP contribution is -2.06. The zero-order valence-corrected chi connectivity index (χ0v) is 12.3. The lowest BCUT2D eigenvalue weighted by molar-refractivity contribution is -0.114. The molecule has 20 heavy (non-hydrogen) atoms. The van der Waals surface area contributed by atoms with Crippen molar-refractivity contribution in [3.05, 3.63) is 34.4 Å². The topological polar surface area (TPSA) is 51.2 Å². The van der Waals surface area contributed by atoms with Crippen molar-refractivity contribution in [3.63, 3.8) is 0 Å². The third-order valence-electron chi connectivity index (χ3n) is 2.79. The summed E-state index contributed by atoms with van der Waals surface area (Å²) in [5.74, 6) is -0.653. The van der Waals surface area contributed by atoms with Crippen LogP contribution in [-0.2, 0) is 9.53 Å². The number of aromatic nitrogens is 1. The number of halogens is 1. The number of ether oxygens (including phenoxy) is 1. The van der Waals surface area contributed by atoms with E-state index in [9.17, 15) is 9.18 Å². The highest BCUT2D eigenvalue weighted by atomic mass is 32.1. The van der Waals surface area contributed by atoms with E-state index in [1.54, 1.807) is 24.6 Å². The third kappa shape index (κ3) is 3.20. The number of nitrogens with zero attached hydrogens (tertiary/aromatic N) is 1. The van der Waals surface area contributed by atoms with E-state index in [0.29, 0.717) is 16.9 Å². The Labute approximate surface area is 120 Å². The second-order valence-electron chi connectivity index (χ2n) is 4.32. The minimum absolute atomic E-state index is 0.115. The van der Waals surface area contributed by atoms with Crippen LogP contribution in [0.3, 0.4) is 0 Å². The number of hydrogen-bond acceptors (Lipinski definition) is 4. The van der Waals surface area contributed by atoms with Crippen LogP contribution in [0.2, 0.25) is 0 Å². The number of thiazole rings is 1. The maximum atomic E-state index is 14.1. The Hall–Kier alpha value is -1.79. The standard InChI is InChI=1S/C14H15FN2O2S/c1-8(19-3)14-17-13(7-20-14)11-5-4-10(6-12(11)15)16-9(2)18/h4-8H,1-3H3,(H,16,18)/t8-/m0/s1. The molecule has 0 spiro atoms. The fraction of sp³-hybridized carbons (Fsp3) is 0.286. The molecular weight excluding hydrogens is 279 g/mol. The molecule has 0 bridgehead atoms. The Balaban J connectivity index is 2.29. The lowest BCUT2D eigenvalue weighted by atomic mass is 10.1. The predicted octanol–water partition coefficient (Wildman–Crippen LogP) is 3.62. The van der Waals surface area contributed by atoms with Crippen molar-refractivity contribution in [2.45, 2.75) is 20.0 Å². The molecule has 1 aromatic carbocycles. The summed E-state index contributed by atoms with van der Waals surface area (Å²) in [6.45, 7) is 3.27. The Kier molecular flexibility index (Phi) is 4.46. The van der Waals surface area contributed by atoms with E-state index in [2.05, 4.69) is 10.3 Å². The molecule has 1 amide bonds. The van der Waals surface area contributed by atoms with Gasteiger partial charge in [0.2, 0.25) is 5.91 Å². The molecule has 0 fully saturated rings. The minimum Gasteiger partial charge on any atom is -0.375 e. The summed E-state index contributed by atoms with van der Waals surface area (Å²) >= 11 is 1.43. The van der Waals surface area contributed by atoms with Gasteiger partial charge in [0, 0.05) is 30.7 Å². The minimum atomic E-state index is -0.418. The number of amides is 1. The van der Waals surface area contributed by atoms with Crippen LogP contribution in [0.4, 0.5) is 10.1 Å². The first kappa shape index (κ1) is 14.6.